The molecule has 0 saturated carbocycles. The lowest BCUT2D eigenvalue weighted by molar-refractivity contribution is 0.0392. The molecule has 1 fully saturated rings. The van der Waals surface area contributed by atoms with Gasteiger partial charge in [-0.05, 0) is 30.2 Å². The van der Waals surface area contributed by atoms with Crippen LogP contribution >= 0.6 is 11.6 Å². The zero-order chi connectivity index (χ0) is 21.5. The van der Waals surface area contributed by atoms with Gasteiger partial charge in [0, 0.05) is 38.2 Å². The van der Waals surface area contributed by atoms with Gasteiger partial charge in [-0.1, -0.05) is 35.9 Å². The second-order valence-electron chi connectivity index (χ2n) is 7.66. The van der Waals surface area contributed by atoms with Gasteiger partial charge in [-0.2, -0.15) is 5.26 Å². The molecule has 2 aromatic rings. The van der Waals surface area contributed by atoms with Crippen LogP contribution in [0.4, 0.5) is 0 Å². The summed E-state index contributed by atoms with van der Waals surface area (Å²) in [5.41, 5.74) is 2.68. The molecule has 0 unspecified atom stereocenters. The van der Waals surface area contributed by atoms with E-state index in [0.717, 1.165) is 37.3 Å². The van der Waals surface area contributed by atoms with Crippen molar-refractivity contribution in [1.29, 1.82) is 5.26 Å². The van der Waals surface area contributed by atoms with Gasteiger partial charge in [-0.15, -0.1) is 0 Å². The average molecular weight is 447 g/mol. The summed E-state index contributed by atoms with van der Waals surface area (Å²) in [4.78, 5) is 1.15. The summed E-state index contributed by atoms with van der Waals surface area (Å²) in [6, 6.07) is 12.7. The van der Waals surface area contributed by atoms with Crippen molar-refractivity contribution in [3.8, 4) is 11.8 Å². The molecule has 1 saturated heterocycles. The summed E-state index contributed by atoms with van der Waals surface area (Å²) >= 11 is 7.25. The monoisotopic (exact) mass is 446 g/mol. The number of primary sulfonamides is 1. The summed E-state index contributed by atoms with van der Waals surface area (Å²) in [7, 11) is -4.00. The van der Waals surface area contributed by atoms with Gasteiger partial charge in [0.05, 0.1) is 11.6 Å². The number of nitrogens with two attached hydrogens (primary N) is 1. The summed E-state index contributed by atoms with van der Waals surface area (Å²) in [5.74, 6) is 0.165. The van der Waals surface area contributed by atoms with Crippen LogP contribution in [0.5, 0.6) is 5.75 Å². The fourth-order valence-corrected chi connectivity index (χ4v) is 5.79. The molecule has 3 N–H and O–H groups in total. The highest BCUT2D eigenvalue weighted by molar-refractivity contribution is 7.89. The highest BCUT2D eigenvalue weighted by atomic mass is 35.5. The quantitative estimate of drug-likeness (QED) is 0.549. The van der Waals surface area contributed by atoms with Crippen LogP contribution in [0.3, 0.4) is 0 Å². The van der Waals surface area contributed by atoms with Gasteiger partial charge in [-0.3, -0.25) is 4.90 Å². The topological polar surface area (TPSA) is 108 Å². The molecular weight excluding hydrogens is 424 g/mol. The van der Waals surface area contributed by atoms with Gasteiger partial charge < -0.3 is 10.1 Å². The predicted molar refractivity (Wildman–Crippen MR) is 114 cm³/mol. The number of piperazine rings is 1. The van der Waals surface area contributed by atoms with E-state index in [-0.39, 0.29) is 10.6 Å². The summed E-state index contributed by atoms with van der Waals surface area (Å²) in [5, 5.41) is 18.4. The molecule has 2 aliphatic rings. The molecule has 2 atom stereocenters. The SMILES string of the molecule is Cc1cccc(O[C@H]2c3cccc(C#N)c3C[C@@]2(Cl)N2CCNCC2)c1S(N)(=O)=O. The van der Waals surface area contributed by atoms with E-state index in [1.54, 1.807) is 37.3 Å². The van der Waals surface area contributed by atoms with E-state index < -0.39 is 21.1 Å². The number of hydrogen-bond donors (Lipinski definition) is 2. The van der Waals surface area contributed by atoms with Gasteiger partial charge in [0.1, 0.15) is 15.6 Å². The molecule has 0 aromatic heterocycles. The van der Waals surface area contributed by atoms with Crippen molar-refractivity contribution in [2.24, 2.45) is 5.14 Å². The number of sulfonamides is 1. The van der Waals surface area contributed by atoms with E-state index in [1.807, 2.05) is 6.07 Å². The van der Waals surface area contributed by atoms with Crippen molar-refractivity contribution in [1.82, 2.24) is 10.2 Å². The Morgan fingerprint density at radius 3 is 2.63 bits per heavy atom. The van der Waals surface area contributed by atoms with Crippen LogP contribution in [0.1, 0.15) is 28.4 Å². The number of halogens is 1. The molecular formula is C21H23ClN4O3S. The Morgan fingerprint density at radius 2 is 1.97 bits per heavy atom. The maximum Gasteiger partial charge on any atom is 0.242 e. The summed E-state index contributed by atoms with van der Waals surface area (Å²) in [6.45, 7) is 4.68. The molecule has 1 heterocycles. The molecule has 0 amide bonds. The second-order valence-corrected chi connectivity index (χ2v) is 9.82. The molecule has 9 heteroatoms. The van der Waals surface area contributed by atoms with Gasteiger partial charge in [-0.25, -0.2) is 13.6 Å². The third kappa shape index (κ3) is 3.57. The van der Waals surface area contributed by atoms with Crippen LogP contribution in [0.15, 0.2) is 41.3 Å². The first-order valence-corrected chi connectivity index (χ1v) is 11.6. The number of ether oxygens (including phenoxy) is 1. The fourth-order valence-electron chi connectivity index (χ4n) is 4.41. The zero-order valence-electron chi connectivity index (χ0n) is 16.6. The Hall–Kier alpha value is -2.15. The summed E-state index contributed by atoms with van der Waals surface area (Å²) in [6.07, 6.45) is -0.239. The number of fused-ring (bicyclic) bond motifs is 1. The maximum absolute atomic E-state index is 12.3. The largest absolute Gasteiger partial charge is 0.481 e. The standard InChI is InChI=1S/C21H23ClN4O3S/c1-14-4-2-7-18(19(14)30(24,27)28)29-20-16-6-3-5-15(13-23)17(16)12-21(20,22)26-10-8-25-9-11-26/h2-7,20,25H,8-12H2,1H3,(H2,24,27,28)/t20-,21+/m0/s1. The molecule has 1 aliphatic heterocycles. The van der Waals surface area contributed by atoms with Crippen LogP contribution in [0, 0.1) is 18.3 Å². The number of benzene rings is 2. The van der Waals surface area contributed by atoms with E-state index in [0.29, 0.717) is 17.5 Å². The second kappa shape index (κ2) is 7.84. The number of nitrogens with zero attached hydrogens (tertiary/aromatic N) is 2. The van der Waals surface area contributed by atoms with Crippen LogP contribution < -0.4 is 15.2 Å². The highest BCUT2D eigenvalue weighted by Crippen LogP contribution is 2.50. The Morgan fingerprint density at radius 1 is 1.27 bits per heavy atom. The normalized spacial score (nSPS) is 24.3. The molecule has 0 radical (unpaired) electrons. The van der Waals surface area contributed by atoms with Gasteiger partial charge in [0.15, 0.2) is 6.10 Å². The highest BCUT2D eigenvalue weighted by Gasteiger charge is 2.52. The number of nitrogens with one attached hydrogen (secondary N) is 1. The predicted octanol–water partition coefficient (Wildman–Crippen LogP) is 2.03. The maximum atomic E-state index is 12.3. The van der Waals surface area contributed by atoms with E-state index in [9.17, 15) is 13.7 Å². The van der Waals surface area contributed by atoms with Crippen molar-refractivity contribution in [3.63, 3.8) is 0 Å². The Balaban J connectivity index is 1.84. The average Bonchev–Trinajstić information content (AvgIpc) is 3.00. The molecule has 30 heavy (non-hydrogen) atoms. The first kappa shape index (κ1) is 21.1. The lowest BCUT2D eigenvalue weighted by Crippen LogP contribution is -2.56. The molecule has 158 valence electrons. The lowest BCUT2D eigenvalue weighted by atomic mass is 10.0. The molecule has 0 bridgehead atoms. The van der Waals surface area contributed by atoms with E-state index in [4.69, 9.17) is 21.5 Å². The van der Waals surface area contributed by atoms with Crippen LogP contribution in [0.2, 0.25) is 0 Å². The number of alkyl halides is 1. The van der Waals surface area contributed by atoms with Crippen LogP contribution in [-0.4, -0.2) is 44.5 Å². The van der Waals surface area contributed by atoms with Crippen LogP contribution in [-0.2, 0) is 16.4 Å². The first-order chi connectivity index (χ1) is 14.3. The minimum Gasteiger partial charge on any atom is -0.481 e. The van der Waals surface area contributed by atoms with E-state index in [1.165, 1.54) is 0 Å². The van der Waals surface area contributed by atoms with Crippen molar-refractivity contribution in [2.75, 3.05) is 26.2 Å². The molecule has 0 spiro atoms. The fraction of sp³-hybridized carbons (Fsp3) is 0.381. The van der Waals surface area contributed by atoms with Crippen molar-refractivity contribution in [3.05, 3.63) is 58.7 Å². The van der Waals surface area contributed by atoms with Crippen LogP contribution in [0.25, 0.3) is 0 Å². The number of aryl methyl sites for hydroxylation is 1. The van der Waals surface area contributed by atoms with Crippen molar-refractivity contribution >= 4 is 21.6 Å². The number of hydrogen-bond acceptors (Lipinski definition) is 6. The molecule has 7 nitrogen and oxygen atoms in total. The van der Waals surface area contributed by atoms with E-state index in [2.05, 4.69) is 16.3 Å². The molecule has 1 aliphatic carbocycles. The third-order valence-corrected chi connectivity index (χ3v) is 7.45. The molecule has 2 aromatic carbocycles. The van der Waals surface area contributed by atoms with Gasteiger partial charge >= 0.3 is 0 Å². The number of nitriles is 1. The Bertz CT molecular complexity index is 1130. The first-order valence-electron chi connectivity index (χ1n) is 9.71. The Labute approximate surface area is 181 Å². The lowest BCUT2D eigenvalue weighted by Gasteiger charge is -2.42. The van der Waals surface area contributed by atoms with E-state index >= 15 is 0 Å². The minimum absolute atomic E-state index is 0.0470. The third-order valence-electron chi connectivity index (χ3n) is 5.79. The number of rotatable bonds is 4. The minimum atomic E-state index is -4.00. The smallest absolute Gasteiger partial charge is 0.242 e. The van der Waals surface area contributed by atoms with Crippen molar-refractivity contribution < 1.29 is 13.2 Å². The summed E-state index contributed by atoms with van der Waals surface area (Å²) < 4.78 is 30.9. The van der Waals surface area contributed by atoms with Gasteiger partial charge in [0.25, 0.3) is 0 Å². The zero-order valence-corrected chi connectivity index (χ0v) is 18.1. The Kier molecular flexibility index (Phi) is 5.51. The molecule has 4 rings (SSSR count). The van der Waals surface area contributed by atoms with Crippen molar-refractivity contribution in [2.45, 2.75) is 29.3 Å². The van der Waals surface area contributed by atoms with Gasteiger partial charge in [0.2, 0.25) is 10.0 Å².